The van der Waals surface area contributed by atoms with Crippen molar-refractivity contribution in [1.82, 2.24) is 0 Å². The van der Waals surface area contributed by atoms with Crippen LogP contribution in [0.2, 0.25) is 0 Å². The lowest BCUT2D eigenvalue weighted by molar-refractivity contribution is -0.151. The van der Waals surface area contributed by atoms with Crippen molar-refractivity contribution in [1.29, 1.82) is 5.26 Å². The molecule has 0 radical (unpaired) electrons. The Hall–Kier alpha value is -4.37. The molecular weight excluding hydrogens is 536 g/mol. The molecule has 1 heterocycles. The molecule has 2 N–H and O–H groups in total. The number of fused-ring (bicyclic) bond motifs is 4. The Bertz CT molecular complexity index is 1690. The van der Waals surface area contributed by atoms with Crippen LogP contribution in [0.25, 0.3) is 22.9 Å². The molecule has 1 fully saturated rings. The van der Waals surface area contributed by atoms with E-state index in [-0.39, 0.29) is 16.9 Å². The number of anilines is 2. The smallest absolute Gasteiger partial charge is 0.346 e. The van der Waals surface area contributed by atoms with Crippen molar-refractivity contribution in [3.05, 3.63) is 82.9 Å². The van der Waals surface area contributed by atoms with Gasteiger partial charge in [-0.05, 0) is 102 Å². The molecule has 1 saturated carbocycles. The molecule has 1 aliphatic heterocycles. The number of rotatable bonds is 8. The van der Waals surface area contributed by atoms with Gasteiger partial charge < -0.3 is 15.1 Å². The average molecular weight is 577 g/mol. The Morgan fingerprint density at radius 1 is 0.953 bits per heavy atom. The molecule has 6 nitrogen and oxygen atoms in total. The maximum atomic E-state index is 11.8. The lowest BCUT2D eigenvalue weighted by Crippen LogP contribution is -2.38. The SMILES string of the molecule is CC(C(C)(C)C=Cc1ccc2cc(N3c4ccc(/C=C(\C#N)C(=O)O)cc4C4CCCCC43)ccc2c1)C(C)(C)C(=O)O. The molecular formula is C37H40N2O4. The second-order valence-electron chi connectivity index (χ2n) is 13.3. The fourth-order valence-corrected chi connectivity index (χ4v) is 6.86. The summed E-state index contributed by atoms with van der Waals surface area (Å²) in [7, 11) is 0. The molecule has 2 aliphatic rings. The molecule has 3 aromatic rings. The summed E-state index contributed by atoms with van der Waals surface area (Å²) in [4.78, 5) is 25.7. The fourth-order valence-electron chi connectivity index (χ4n) is 6.86. The maximum Gasteiger partial charge on any atom is 0.346 e. The zero-order valence-electron chi connectivity index (χ0n) is 25.6. The Morgan fingerprint density at radius 3 is 2.33 bits per heavy atom. The van der Waals surface area contributed by atoms with Crippen LogP contribution in [0.4, 0.5) is 11.4 Å². The highest BCUT2D eigenvalue weighted by molar-refractivity contribution is 5.96. The third-order valence-corrected chi connectivity index (χ3v) is 10.0. The molecule has 3 aromatic carbocycles. The number of carboxylic acid groups (broad SMARTS) is 2. The summed E-state index contributed by atoms with van der Waals surface area (Å²) in [6.07, 6.45) is 10.2. The van der Waals surface area contributed by atoms with Gasteiger partial charge in [0.25, 0.3) is 0 Å². The number of benzene rings is 3. The van der Waals surface area contributed by atoms with E-state index in [2.05, 4.69) is 79.4 Å². The number of nitrogens with zero attached hydrogens (tertiary/aromatic N) is 2. The van der Waals surface area contributed by atoms with Gasteiger partial charge in [0, 0.05) is 23.3 Å². The first-order chi connectivity index (χ1) is 20.3. The summed E-state index contributed by atoms with van der Waals surface area (Å²) >= 11 is 0. The highest BCUT2D eigenvalue weighted by Crippen LogP contribution is 2.51. The van der Waals surface area contributed by atoms with E-state index in [1.54, 1.807) is 19.9 Å². The molecule has 1 aliphatic carbocycles. The molecule has 222 valence electrons. The van der Waals surface area contributed by atoms with Crippen molar-refractivity contribution in [2.75, 3.05) is 4.90 Å². The summed E-state index contributed by atoms with van der Waals surface area (Å²) in [6.45, 7) is 9.76. The van der Waals surface area contributed by atoms with Gasteiger partial charge in [-0.25, -0.2) is 4.79 Å². The van der Waals surface area contributed by atoms with Crippen LogP contribution in [-0.2, 0) is 9.59 Å². The van der Waals surface area contributed by atoms with Crippen LogP contribution in [-0.4, -0.2) is 28.2 Å². The van der Waals surface area contributed by atoms with Gasteiger partial charge in [-0.15, -0.1) is 0 Å². The van der Waals surface area contributed by atoms with E-state index < -0.39 is 17.4 Å². The molecule has 0 bridgehead atoms. The molecule has 0 aromatic heterocycles. The van der Waals surface area contributed by atoms with Gasteiger partial charge in [0.2, 0.25) is 0 Å². The molecule has 0 spiro atoms. The molecule has 0 amide bonds. The standard InChI is InChI=1S/C37H40N2O4/c1-23(37(4,5)35(42)43)36(2,3)17-16-24-10-12-27-21-29(14-13-26(27)18-24)39-32-9-7-6-8-30(32)31-20-25(11-15-33(31)39)19-28(22-38)34(40)41/h10-21,23,30,32H,6-9H2,1-5H3,(H,40,41)(H,42,43)/b17-16?,28-19+. The molecule has 3 unspecified atom stereocenters. The first kappa shape index (κ1) is 30.1. The number of hydrogen-bond acceptors (Lipinski definition) is 4. The van der Waals surface area contributed by atoms with Crippen LogP contribution < -0.4 is 4.90 Å². The van der Waals surface area contributed by atoms with E-state index in [1.807, 2.05) is 13.0 Å². The van der Waals surface area contributed by atoms with Crippen LogP contribution in [0.5, 0.6) is 0 Å². The van der Waals surface area contributed by atoms with E-state index in [0.717, 1.165) is 46.1 Å². The highest BCUT2D eigenvalue weighted by Gasteiger charge is 2.42. The monoisotopic (exact) mass is 576 g/mol. The van der Waals surface area contributed by atoms with Gasteiger partial charge >= 0.3 is 11.9 Å². The van der Waals surface area contributed by atoms with E-state index in [0.29, 0.717) is 12.0 Å². The number of aliphatic carboxylic acids is 2. The molecule has 6 heteroatoms. The molecule has 5 rings (SSSR count). The molecule has 3 atom stereocenters. The lowest BCUT2D eigenvalue weighted by atomic mass is 9.65. The van der Waals surface area contributed by atoms with Crippen molar-refractivity contribution in [3.8, 4) is 6.07 Å². The van der Waals surface area contributed by atoms with Crippen LogP contribution >= 0.6 is 0 Å². The number of hydrogen-bond donors (Lipinski definition) is 2. The van der Waals surface area contributed by atoms with Gasteiger partial charge in [0.15, 0.2) is 0 Å². The Kier molecular flexibility index (Phi) is 7.96. The predicted molar refractivity (Wildman–Crippen MR) is 172 cm³/mol. The predicted octanol–water partition coefficient (Wildman–Crippen LogP) is 8.80. The van der Waals surface area contributed by atoms with Crippen LogP contribution in [0.1, 0.15) is 82.9 Å². The number of allylic oxidation sites excluding steroid dienone is 1. The zero-order valence-corrected chi connectivity index (χ0v) is 25.6. The minimum atomic E-state index is -1.21. The average Bonchev–Trinajstić information content (AvgIpc) is 3.31. The van der Waals surface area contributed by atoms with Crippen molar-refractivity contribution >= 4 is 46.2 Å². The zero-order chi connectivity index (χ0) is 31.1. The van der Waals surface area contributed by atoms with Gasteiger partial charge in [-0.1, -0.05) is 70.0 Å². The third kappa shape index (κ3) is 5.69. The minimum Gasteiger partial charge on any atom is -0.481 e. The summed E-state index contributed by atoms with van der Waals surface area (Å²) in [5.41, 5.74) is 3.94. The lowest BCUT2D eigenvalue weighted by Gasteiger charge is -2.38. The van der Waals surface area contributed by atoms with Gasteiger partial charge in [-0.2, -0.15) is 5.26 Å². The van der Waals surface area contributed by atoms with Crippen LogP contribution in [0.3, 0.4) is 0 Å². The second kappa shape index (κ2) is 11.4. The largest absolute Gasteiger partial charge is 0.481 e. The fraction of sp³-hybridized carbons (Fsp3) is 0.378. The summed E-state index contributed by atoms with van der Waals surface area (Å²) in [5.74, 6) is -1.70. The first-order valence-corrected chi connectivity index (χ1v) is 15.1. The van der Waals surface area contributed by atoms with Gasteiger partial charge in [0.05, 0.1) is 5.41 Å². The summed E-state index contributed by atoms with van der Waals surface area (Å²) in [5, 5.41) is 30.6. The molecule has 0 saturated heterocycles. The first-order valence-electron chi connectivity index (χ1n) is 15.1. The van der Waals surface area contributed by atoms with Gasteiger partial charge in [-0.3, -0.25) is 4.79 Å². The van der Waals surface area contributed by atoms with E-state index in [1.165, 1.54) is 24.5 Å². The maximum absolute atomic E-state index is 11.8. The van der Waals surface area contributed by atoms with E-state index in [9.17, 15) is 25.1 Å². The topological polar surface area (TPSA) is 102 Å². The Morgan fingerprint density at radius 2 is 1.63 bits per heavy atom. The minimum absolute atomic E-state index is 0.0682. The quantitative estimate of drug-likeness (QED) is 0.205. The summed E-state index contributed by atoms with van der Waals surface area (Å²) in [6, 6.07) is 21.2. The van der Waals surface area contributed by atoms with E-state index in [4.69, 9.17) is 0 Å². The highest BCUT2D eigenvalue weighted by atomic mass is 16.4. The number of carboxylic acids is 2. The van der Waals surface area contributed by atoms with Crippen molar-refractivity contribution < 1.29 is 19.8 Å². The third-order valence-electron chi connectivity index (χ3n) is 10.0. The normalized spacial score (nSPS) is 19.6. The van der Waals surface area contributed by atoms with Crippen LogP contribution in [0, 0.1) is 28.1 Å². The molecule has 43 heavy (non-hydrogen) atoms. The van der Waals surface area contributed by atoms with Crippen molar-refractivity contribution in [2.45, 2.75) is 72.3 Å². The second-order valence-corrected chi connectivity index (χ2v) is 13.3. The number of nitriles is 1. The van der Waals surface area contributed by atoms with Crippen LogP contribution in [0.15, 0.2) is 66.2 Å². The van der Waals surface area contributed by atoms with Crippen molar-refractivity contribution in [2.24, 2.45) is 16.7 Å². The van der Waals surface area contributed by atoms with E-state index >= 15 is 0 Å². The Balaban J connectivity index is 1.45. The summed E-state index contributed by atoms with van der Waals surface area (Å²) < 4.78 is 0. The van der Waals surface area contributed by atoms with Gasteiger partial charge in [0.1, 0.15) is 11.6 Å². The Labute approximate surface area is 254 Å². The van der Waals surface area contributed by atoms with Crippen molar-refractivity contribution in [3.63, 3.8) is 0 Å². The number of carbonyl (C=O) groups is 2.